The highest BCUT2D eigenvalue weighted by atomic mass is 19.1. The van der Waals surface area contributed by atoms with Crippen molar-refractivity contribution < 1.29 is 9.18 Å². The van der Waals surface area contributed by atoms with Crippen LogP contribution in [-0.2, 0) is 0 Å². The number of carbonyl (C=O) groups excluding carboxylic acids is 1. The Balaban J connectivity index is 2.38. The Kier molecular flexibility index (Phi) is 2.47. The molecule has 80 valence electrons. The number of fused-ring (bicyclic) bond motifs is 1. The Bertz CT molecular complexity index is 401. The monoisotopic (exact) mass is 207 g/mol. The normalized spacial score (nSPS) is 19.2. The van der Waals surface area contributed by atoms with E-state index in [1.807, 2.05) is 6.07 Å². The average molecular weight is 207 g/mol. The molecule has 0 radical (unpaired) electrons. The molecule has 2 rings (SSSR count). The summed E-state index contributed by atoms with van der Waals surface area (Å²) in [5.41, 5.74) is 1.02. The van der Waals surface area contributed by atoms with Crippen LogP contribution in [-0.4, -0.2) is 5.91 Å². The number of amides is 1. The summed E-state index contributed by atoms with van der Waals surface area (Å²) in [6, 6.07) is 4.78. The van der Waals surface area contributed by atoms with Gasteiger partial charge in [0.2, 0.25) is 0 Å². The molecule has 0 spiro atoms. The number of nitrogens with one attached hydrogen (secondary N) is 1. The summed E-state index contributed by atoms with van der Waals surface area (Å²) in [6.45, 7) is 4.17. The van der Waals surface area contributed by atoms with Crippen molar-refractivity contribution in [1.29, 1.82) is 0 Å². The predicted octanol–water partition coefficient (Wildman–Crippen LogP) is 2.66. The van der Waals surface area contributed by atoms with Crippen molar-refractivity contribution >= 4 is 5.91 Å². The van der Waals surface area contributed by atoms with Gasteiger partial charge in [0.1, 0.15) is 5.82 Å². The first kappa shape index (κ1) is 10.1. The van der Waals surface area contributed by atoms with Crippen molar-refractivity contribution in [3.05, 3.63) is 35.1 Å². The van der Waals surface area contributed by atoms with Gasteiger partial charge in [-0.3, -0.25) is 4.79 Å². The van der Waals surface area contributed by atoms with Gasteiger partial charge in [0, 0.05) is 0 Å². The largest absolute Gasteiger partial charge is 0.345 e. The summed E-state index contributed by atoms with van der Waals surface area (Å²) >= 11 is 0. The van der Waals surface area contributed by atoms with Crippen LogP contribution in [0.4, 0.5) is 4.39 Å². The van der Waals surface area contributed by atoms with Crippen LogP contribution in [0.25, 0.3) is 0 Å². The molecule has 0 aromatic heterocycles. The second kappa shape index (κ2) is 3.65. The molecule has 0 saturated heterocycles. The zero-order valence-corrected chi connectivity index (χ0v) is 8.88. The van der Waals surface area contributed by atoms with Gasteiger partial charge in [-0.05, 0) is 24.0 Å². The molecule has 3 heteroatoms. The van der Waals surface area contributed by atoms with Gasteiger partial charge in [0.05, 0.1) is 11.6 Å². The molecule has 0 fully saturated rings. The summed E-state index contributed by atoms with van der Waals surface area (Å²) in [5.74, 6) is -0.227. The average Bonchev–Trinajstić information content (AvgIpc) is 2.44. The molecular formula is C12H14FNO. The summed E-state index contributed by atoms with van der Waals surface area (Å²) in [4.78, 5) is 11.5. The Morgan fingerprint density at radius 1 is 1.47 bits per heavy atom. The van der Waals surface area contributed by atoms with E-state index in [1.165, 1.54) is 6.07 Å². The van der Waals surface area contributed by atoms with Crippen LogP contribution >= 0.6 is 0 Å². The number of benzene rings is 1. The van der Waals surface area contributed by atoms with Gasteiger partial charge in [-0.2, -0.15) is 0 Å². The Morgan fingerprint density at radius 3 is 2.87 bits per heavy atom. The minimum absolute atomic E-state index is 0.0248. The topological polar surface area (TPSA) is 29.1 Å². The van der Waals surface area contributed by atoms with Gasteiger partial charge in [-0.15, -0.1) is 0 Å². The molecule has 1 atom stereocenters. The van der Waals surface area contributed by atoms with Crippen molar-refractivity contribution in [3.8, 4) is 0 Å². The van der Waals surface area contributed by atoms with Gasteiger partial charge in [-0.25, -0.2) is 4.39 Å². The van der Waals surface area contributed by atoms with E-state index in [9.17, 15) is 9.18 Å². The molecule has 1 aromatic carbocycles. The van der Waals surface area contributed by atoms with Gasteiger partial charge in [0.25, 0.3) is 5.91 Å². The smallest absolute Gasteiger partial charge is 0.255 e. The Morgan fingerprint density at radius 2 is 2.20 bits per heavy atom. The molecular weight excluding hydrogens is 193 g/mol. The predicted molar refractivity (Wildman–Crippen MR) is 56.1 cm³/mol. The molecule has 1 unspecified atom stereocenters. The summed E-state index contributed by atoms with van der Waals surface area (Å²) in [6.07, 6.45) is 0.849. The minimum Gasteiger partial charge on any atom is -0.345 e. The molecule has 1 heterocycles. The van der Waals surface area contributed by atoms with Crippen molar-refractivity contribution in [2.45, 2.75) is 26.3 Å². The third kappa shape index (κ3) is 1.74. The van der Waals surface area contributed by atoms with E-state index in [0.717, 1.165) is 12.0 Å². The van der Waals surface area contributed by atoms with Crippen LogP contribution in [0.1, 0.15) is 42.2 Å². The van der Waals surface area contributed by atoms with Crippen LogP contribution in [0.5, 0.6) is 0 Å². The molecule has 0 aliphatic carbocycles. The van der Waals surface area contributed by atoms with Crippen molar-refractivity contribution in [3.63, 3.8) is 0 Å². The number of carbonyl (C=O) groups is 1. The molecule has 15 heavy (non-hydrogen) atoms. The van der Waals surface area contributed by atoms with Crippen LogP contribution < -0.4 is 5.32 Å². The first-order chi connectivity index (χ1) is 7.09. The van der Waals surface area contributed by atoms with Crippen LogP contribution in [0.2, 0.25) is 0 Å². The zero-order chi connectivity index (χ0) is 11.0. The van der Waals surface area contributed by atoms with Crippen molar-refractivity contribution in [1.82, 2.24) is 5.32 Å². The maximum atomic E-state index is 13.4. The van der Waals surface area contributed by atoms with E-state index in [-0.39, 0.29) is 17.5 Å². The fourth-order valence-corrected chi connectivity index (χ4v) is 2.04. The maximum absolute atomic E-state index is 13.4. The summed E-state index contributed by atoms with van der Waals surface area (Å²) in [7, 11) is 0. The molecule has 2 nitrogen and oxygen atoms in total. The van der Waals surface area contributed by atoms with Gasteiger partial charge in [0.15, 0.2) is 0 Å². The van der Waals surface area contributed by atoms with E-state index in [4.69, 9.17) is 0 Å². The molecule has 1 aliphatic heterocycles. The van der Waals surface area contributed by atoms with E-state index >= 15 is 0 Å². The lowest BCUT2D eigenvalue weighted by atomic mass is 9.97. The van der Waals surface area contributed by atoms with Gasteiger partial charge < -0.3 is 5.32 Å². The third-order valence-corrected chi connectivity index (χ3v) is 2.66. The van der Waals surface area contributed by atoms with E-state index < -0.39 is 5.82 Å². The number of hydrogen-bond acceptors (Lipinski definition) is 1. The highest BCUT2D eigenvalue weighted by Gasteiger charge is 2.31. The molecule has 1 N–H and O–H groups in total. The number of rotatable bonds is 2. The van der Waals surface area contributed by atoms with E-state index in [0.29, 0.717) is 5.92 Å². The van der Waals surface area contributed by atoms with Crippen molar-refractivity contribution in [2.75, 3.05) is 0 Å². The third-order valence-electron chi connectivity index (χ3n) is 2.66. The quantitative estimate of drug-likeness (QED) is 0.793. The molecule has 1 aromatic rings. The lowest BCUT2D eigenvalue weighted by molar-refractivity contribution is 0.0950. The Hall–Kier alpha value is -1.38. The van der Waals surface area contributed by atoms with Crippen LogP contribution in [0.3, 0.4) is 0 Å². The lowest BCUT2D eigenvalue weighted by Gasteiger charge is -2.13. The fourth-order valence-electron chi connectivity index (χ4n) is 2.04. The summed E-state index contributed by atoms with van der Waals surface area (Å²) in [5, 5.41) is 2.81. The van der Waals surface area contributed by atoms with Gasteiger partial charge in [-0.1, -0.05) is 26.0 Å². The number of halogens is 1. The molecule has 1 amide bonds. The van der Waals surface area contributed by atoms with E-state index in [1.54, 1.807) is 6.07 Å². The van der Waals surface area contributed by atoms with Gasteiger partial charge >= 0.3 is 0 Å². The lowest BCUT2D eigenvalue weighted by Crippen LogP contribution is -2.20. The Labute approximate surface area is 88.5 Å². The first-order valence-electron chi connectivity index (χ1n) is 5.19. The van der Waals surface area contributed by atoms with E-state index in [2.05, 4.69) is 19.2 Å². The van der Waals surface area contributed by atoms with Crippen molar-refractivity contribution in [2.24, 2.45) is 5.92 Å². The maximum Gasteiger partial charge on any atom is 0.255 e. The minimum atomic E-state index is -0.420. The van der Waals surface area contributed by atoms with Crippen LogP contribution in [0, 0.1) is 11.7 Å². The molecule has 0 saturated carbocycles. The standard InChI is InChI=1S/C12H14FNO/c1-7(2)6-10-8-4-3-5-9(13)11(8)12(15)14-10/h3-5,7,10H,6H2,1-2H3,(H,14,15). The highest BCUT2D eigenvalue weighted by molar-refractivity contribution is 5.99. The van der Waals surface area contributed by atoms with Crippen LogP contribution in [0.15, 0.2) is 18.2 Å². The highest BCUT2D eigenvalue weighted by Crippen LogP contribution is 2.31. The summed E-state index contributed by atoms with van der Waals surface area (Å²) < 4.78 is 13.4. The second-order valence-corrected chi connectivity index (χ2v) is 4.36. The SMILES string of the molecule is CC(C)CC1NC(=O)c2c(F)cccc21. The second-order valence-electron chi connectivity index (χ2n) is 4.36. The number of hydrogen-bond donors (Lipinski definition) is 1. The molecule has 0 bridgehead atoms. The molecule has 1 aliphatic rings. The zero-order valence-electron chi connectivity index (χ0n) is 8.88. The fraction of sp³-hybridized carbons (Fsp3) is 0.417. The first-order valence-corrected chi connectivity index (χ1v) is 5.19.